The zero-order chi connectivity index (χ0) is 22.2. The number of hydrogen-bond acceptors (Lipinski definition) is 3. The Bertz CT molecular complexity index is 1250. The number of aromatic carboxylic acids is 1. The van der Waals surface area contributed by atoms with E-state index < -0.39 is 5.97 Å². The highest BCUT2D eigenvalue weighted by atomic mass is 16.4. The first-order valence-corrected chi connectivity index (χ1v) is 10.7. The van der Waals surface area contributed by atoms with E-state index in [4.69, 9.17) is 5.11 Å². The molecule has 0 bridgehead atoms. The van der Waals surface area contributed by atoms with Crippen LogP contribution in [0.15, 0.2) is 71.3 Å². The molecule has 0 unspecified atom stereocenters. The smallest absolute Gasteiger partial charge is 0.335 e. The molecule has 0 saturated heterocycles. The first-order chi connectivity index (χ1) is 15.5. The maximum absolute atomic E-state index is 12.6. The highest BCUT2D eigenvalue weighted by molar-refractivity contribution is 6.32. The standard InChI is InChI=1S/C26H22N2O4/c29-24(16-5-7-17(8-6-16)26(31)32)27-20-9-10-23-21(14-20)22(25(30)28-23)13-15-11-18-3-1-2-4-19(18)12-15/h5-11,13-14H,1-4,12H2,(H,27,29)(H,28,30)(H,31,32). The van der Waals surface area contributed by atoms with Gasteiger partial charge in [0.15, 0.2) is 0 Å². The number of benzene rings is 2. The van der Waals surface area contributed by atoms with Crippen LogP contribution >= 0.6 is 0 Å². The number of amides is 2. The van der Waals surface area contributed by atoms with Crippen LogP contribution in [-0.2, 0) is 4.79 Å². The molecule has 0 radical (unpaired) electrons. The van der Waals surface area contributed by atoms with Crippen LogP contribution in [0.25, 0.3) is 5.57 Å². The molecule has 3 aliphatic rings. The largest absolute Gasteiger partial charge is 0.478 e. The van der Waals surface area contributed by atoms with Gasteiger partial charge in [0.25, 0.3) is 11.8 Å². The van der Waals surface area contributed by atoms with Gasteiger partial charge in [-0.2, -0.15) is 0 Å². The quantitative estimate of drug-likeness (QED) is 0.588. The van der Waals surface area contributed by atoms with Gasteiger partial charge in [-0.3, -0.25) is 9.59 Å². The molecule has 0 atom stereocenters. The van der Waals surface area contributed by atoms with Gasteiger partial charge < -0.3 is 15.7 Å². The van der Waals surface area contributed by atoms with Gasteiger partial charge in [0, 0.05) is 28.1 Å². The number of rotatable bonds is 4. The Morgan fingerprint density at radius 2 is 1.75 bits per heavy atom. The Balaban J connectivity index is 1.37. The van der Waals surface area contributed by atoms with Gasteiger partial charge >= 0.3 is 5.97 Å². The number of nitrogens with one attached hydrogen (secondary N) is 2. The van der Waals surface area contributed by atoms with Crippen molar-refractivity contribution in [3.05, 3.63) is 88.0 Å². The SMILES string of the molecule is O=C1Nc2ccc(NC(=O)c3ccc(C(=O)O)cc3)cc2C1=CC1=CC2=C(CCCC2)C1. The summed E-state index contributed by atoms with van der Waals surface area (Å²) in [5.41, 5.74) is 7.21. The third-order valence-electron chi connectivity index (χ3n) is 6.19. The topological polar surface area (TPSA) is 95.5 Å². The summed E-state index contributed by atoms with van der Waals surface area (Å²) in [6.45, 7) is 0. The van der Waals surface area contributed by atoms with Crippen LogP contribution in [-0.4, -0.2) is 22.9 Å². The molecule has 0 saturated carbocycles. The molecular weight excluding hydrogens is 404 g/mol. The third-order valence-corrected chi connectivity index (χ3v) is 6.19. The monoisotopic (exact) mass is 426 g/mol. The molecule has 1 aliphatic heterocycles. The predicted octanol–water partition coefficient (Wildman–Crippen LogP) is 5.17. The van der Waals surface area contributed by atoms with Crippen LogP contribution in [0.5, 0.6) is 0 Å². The van der Waals surface area contributed by atoms with Crippen molar-refractivity contribution in [2.45, 2.75) is 32.1 Å². The van der Waals surface area contributed by atoms with Crippen LogP contribution in [0.4, 0.5) is 11.4 Å². The van der Waals surface area contributed by atoms with E-state index in [1.54, 1.807) is 18.2 Å². The molecule has 1 heterocycles. The van der Waals surface area contributed by atoms with E-state index in [1.807, 2.05) is 6.08 Å². The Labute approximate surface area is 185 Å². The molecule has 0 spiro atoms. The van der Waals surface area contributed by atoms with Crippen LogP contribution in [0, 0.1) is 0 Å². The minimum atomic E-state index is -1.04. The van der Waals surface area contributed by atoms with E-state index in [9.17, 15) is 14.4 Å². The normalized spacial score (nSPS) is 18.2. The van der Waals surface area contributed by atoms with Crippen LogP contribution in [0.3, 0.4) is 0 Å². The number of hydrogen-bond donors (Lipinski definition) is 3. The number of allylic oxidation sites excluding steroid dienone is 5. The zero-order valence-electron chi connectivity index (χ0n) is 17.4. The van der Waals surface area contributed by atoms with Crippen molar-refractivity contribution in [3.8, 4) is 0 Å². The van der Waals surface area contributed by atoms with Gasteiger partial charge in [0.2, 0.25) is 0 Å². The summed E-state index contributed by atoms with van der Waals surface area (Å²) in [7, 11) is 0. The number of anilines is 2. The highest BCUT2D eigenvalue weighted by Gasteiger charge is 2.26. The van der Waals surface area contributed by atoms with Gasteiger partial charge in [0.05, 0.1) is 5.56 Å². The molecule has 6 nitrogen and oxygen atoms in total. The van der Waals surface area contributed by atoms with Crippen LogP contribution < -0.4 is 10.6 Å². The average Bonchev–Trinajstić information content (AvgIpc) is 3.34. The molecule has 32 heavy (non-hydrogen) atoms. The lowest BCUT2D eigenvalue weighted by atomic mass is 9.93. The highest BCUT2D eigenvalue weighted by Crippen LogP contribution is 2.40. The van der Waals surface area contributed by atoms with Crippen molar-refractivity contribution in [1.82, 2.24) is 0 Å². The molecular formula is C26H22N2O4. The minimum Gasteiger partial charge on any atom is -0.478 e. The lowest BCUT2D eigenvalue weighted by Crippen LogP contribution is -2.12. The second-order valence-corrected chi connectivity index (χ2v) is 8.34. The Kier molecular flexibility index (Phi) is 4.98. The minimum absolute atomic E-state index is 0.121. The van der Waals surface area contributed by atoms with Gasteiger partial charge in [-0.25, -0.2) is 4.79 Å². The van der Waals surface area contributed by atoms with Crippen LogP contribution in [0.2, 0.25) is 0 Å². The number of carbonyl (C=O) groups excluding carboxylic acids is 2. The molecule has 0 fully saturated rings. The molecule has 2 aliphatic carbocycles. The molecule has 5 rings (SSSR count). The van der Waals surface area contributed by atoms with Crippen molar-refractivity contribution in [3.63, 3.8) is 0 Å². The fraction of sp³-hybridized carbons (Fsp3) is 0.192. The van der Waals surface area contributed by atoms with Gasteiger partial charge in [-0.15, -0.1) is 0 Å². The van der Waals surface area contributed by atoms with E-state index >= 15 is 0 Å². The molecule has 0 aromatic heterocycles. The maximum Gasteiger partial charge on any atom is 0.335 e. The number of fused-ring (bicyclic) bond motifs is 1. The summed E-state index contributed by atoms with van der Waals surface area (Å²) in [5.74, 6) is -1.53. The molecule has 6 heteroatoms. The lowest BCUT2D eigenvalue weighted by Gasteiger charge is -2.12. The van der Waals surface area contributed by atoms with E-state index in [1.165, 1.54) is 48.3 Å². The third kappa shape index (κ3) is 3.75. The molecule has 3 N–H and O–H groups in total. The second-order valence-electron chi connectivity index (χ2n) is 8.34. The maximum atomic E-state index is 12.6. The second kappa shape index (κ2) is 7.96. The van der Waals surface area contributed by atoms with E-state index in [2.05, 4.69) is 16.7 Å². The summed E-state index contributed by atoms with van der Waals surface area (Å²) in [5, 5.41) is 14.7. The fourth-order valence-corrected chi connectivity index (χ4v) is 4.54. The van der Waals surface area contributed by atoms with Gasteiger partial charge in [-0.1, -0.05) is 11.6 Å². The zero-order valence-corrected chi connectivity index (χ0v) is 17.4. The lowest BCUT2D eigenvalue weighted by molar-refractivity contribution is -0.110. The number of carbonyl (C=O) groups is 3. The first kappa shape index (κ1) is 20.0. The molecule has 2 aromatic carbocycles. The molecule has 2 amide bonds. The van der Waals surface area contributed by atoms with Crippen LogP contribution in [0.1, 0.15) is 58.4 Å². The Hall–Kier alpha value is -3.93. The predicted molar refractivity (Wildman–Crippen MR) is 123 cm³/mol. The summed E-state index contributed by atoms with van der Waals surface area (Å²) in [6, 6.07) is 11.1. The summed E-state index contributed by atoms with van der Waals surface area (Å²) < 4.78 is 0. The van der Waals surface area contributed by atoms with Crippen molar-refractivity contribution in [2.75, 3.05) is 10.6 Å². The Morgan fingerprint density at radius 3 is 2.50 bits per heavy atom. The summed E-state index contributed by atoms with van der Waals surface area (Å²) in [4.78, 5) is 36.2. The van der Waals surface area contributed by atoms with Gasteiger partial charge in [-0.05, 0) is 91.8 Å². The van der Waals surface area contributed by atoms with Crippen molar-refractivity contribution < 1.29 is 19.5 Å². The first-order valence-electron chi connectivity index (χ1n) is 10.7. The van der Waals surface area contributed by atoms with E-state index in [0.717, 1.165) is 36.1 Å². The van der Waals surface area contributed by atoms with Crippen molar-refractivity contribution in [2.24, 2.45) is 0 Å². The fourth-order valence-electron chi connectivity index (χ4n) is 4.54. The van der Waals surface area contributed by atoms with Crippen molar-refractivity contribution in [1.29, 1.82) is 0 Å². The molecule has 160 valence electrons. The Morgan fingerprint density at radius 1 is 1.00 bits per heavy atom. The van der Waals surface area contributed by atoms with Crippen molar-refractivity contribution >= 4 is 34.7 Å². The average molecular weight is 426 g/mol. The van der Waals surface area contributed by atoms with E-state index in [0.29, 0.717) is 16.8 Å². The number of carboxylic acids is 1. The summed E-state index contributed by atoms with van der Waals surface area (Å²) >= 11 is 0. The number of carboxylic acid groups (broad SMARTS) is 1. The van der Waals surface area contributed by atoms with Gasteiger partial charge in [0.1, 0.15) is 0 Å². The molecule has 2 aromatic rings. The summed E-state index contributed by atoms with van der Waals surface area (Å²) in [6.07, 6.45) is 9.82. The van der Waals surface area contributed by atoms with E-state index in [-0.39, 0.29) is 17.4 Å².